The van der Waals surface area contributed by atoms with Gasteiger partial charge in [0, 0.05) is 6.20 Å². The summed E-state index contributed by atoms with van der Waals surface area (Å²) in [5.74, 6) is 0.631. The predicted molar refractivity (Wildman–Crippen MR) is 87.9 cm³/mol. The molecule has 4 rings (SSSR count). The van der Waals surface area contributed by atoms with E-state index >= 15 is 0 Å². The van der Waals surface area contributed by atoms with Crippen LogP contribution in [0.4, 0.5) is 5.82 Å². The normalized spacial score (nSPS) is 10.9. The lowest BCUT2D eigenvalue weighted by Crippen LogP contribution is -2.16. The maximum absolute atomic E-state index is 12.4. The Morgan fingerprint density at radius 3 is 2.83 bits per heavy atom. The molecule has 118 valence electrons. The summed E-state index contributed by atoms with van der Waals surface area (Å²) >= 11 is 0. The second kappa shape index (κ2) is 5.58. The standard InChI is InChI=1S/C16H13N7O/c1-10-19-13-12(7-8-17-13)14(20-10)21-16(24)15-18-9-23(22-15)11-5-3-2-4-6-11/h2-9H,1H3,(H2,17,19,20,21,24). The van der Waals surface area contributed by atoms with Crippen molar-refractivity contribution in [3.05, 3.63) is 60.6 Å². The zero-order valence-corrected chi connectivity index (χ0v) is 12.8. The molecule has 0 aliphatic heterocycles. The van der Waals surface area contributed by atoms with E-state index < -0.39 is 5.91 Å². The second-order valence-corrected chi connectivity index (χ2v) is 5.16. The zero-order chi connectivity index (χ0) is 16.5. The van der Waals surface area contributed by atoms with Gasteiger partial charge in [-0.15, -0.1) is 5.10 Å². The largest absolute Gasteiger partial charge is 0.346 e. The van der Waals surface area contributed by atoms with Crippen molar-refractivity contribution in [3.63, 3.8) is 0 Å². The Balaban J connectivity index is 1.63. The molecule has 8 heteroatoms. The van der Waals surface area contributed by atoms with Crippen LogP contribution in [0, 0.1) is 6.92 Å². The average Bonchev–Trinajstić information content (AvgIpc) is 3.24. The van der Waals surface area contributed by atoms with Crippen LogP contribution < -0.4 is 5.32 Å². The molecule has 0 saturated carbocycles. The molecule has 0 radical (unpaired) electrons. The zero-order valence-electron chi connectivity index (χ0n) is 12.8. The van der Waals surface area contributed by atoms with E-state index in [2.05, 4.69) is 30.4 Å². The number of aromatic amines is 1. The quantitative estimate of drug-likeness (QED) is 0.602. The molecule has 3 aromatic heterocycles. The van der Waals surface area contributed by atoms with Crippen molar-refractivity contribution in [2.24, 2.45) is 0 Å². The summed E-state index contributed by atoms with van der Waals surface area (Å²) in [4.78, 5) is 28.0. The average molecular weight is 319 g/mol. The summed E-state index contributed by atoms with van der Waals surface area (Å²) in [7, 11) is 0. The van der Waals surface area contributed by atoms with Crippen LogP contribution >= 0.6 is 0 Å². The van der Waals surface area contributed by atoms with Gasteiger partial charge in [-0.1, -0.05) is 18.2 Å². The first-order valence-electron chi connectivity index (χ1n) is 7.31. The van der Waals surface area contributed by atoms with E-state index in [0.29, 0.717) is 17.3 Å². The highest BCUT2D eigenvalue weighted by Crippen LogP contribution is 2.19. The molecule has 2 N–H and O–H groups in total. The van der Waals surface area contributed by atoms with Gasteiger partial charge in [0.2, 0.25) is 5.82 Å². The number of benzene rings is 1. The number of carbonyl (C=O) groups excluding carboxylic acids is 1. The highest BCUT2D eigenvalue weighted by molar-refractivity contribution is 6.05. The van der Waals surface area contributed by atoms with Gasteiger partial charge in [-0.3, -0.25) is 4.79 Å². The van der Waals surface area contributed by atoms with Gasteiger partial charge in [0.05, 0.1) is 11.1 Å². The molecular formula is C16H13N7O. The highest BCUT2D eigenvalue weighted by Gasteiger charge is 2.15. The van der Waals surface area contributed by atoms with Gasteiger partial charge in [-0.2, -0.15) is 0 Å². The molecule has 0 aliphatic rings. The number of rotatable bonds is 3. The lowest BCUT2D eigenvalue weighted by atomic mass is 10.3. The number of aromatic nitrogens is 6. The van der Waals surface area contributed by atoms with Crippen molar-refractivity contribution < 1.29 is 4.79 Å². The third-order valence-corrected chi connectivity index (χ3v) is 3.48. The lowest BCUT2D eigenvalue weighted by Gasteiger charge is -2.04. The Morgan fingerprint density at radius 1 is 1.17 bits per heavy atom. The van der Waals surface area contributed by atoms with E-state index in [4.69, 9.17) is 0 Å². The topological polar surface area (TPSA) is 101 Å². The third kappa shape index (κ3) is 2.50. The maximum Gasteiger partial charge on any atom is 0.296 e. The number of para-hydroxylation sites is 1. The number of amides is 1. The molecule has 0 aliphatic carbocycles. The number of H-pyrrole nitrogens is 1. The first-order chi connectivity index (χ1) is 11.7. The molecular weight excluding hydrogens is 306 g/mol. The van der Waals surface area contributed by atoms with Gasteiger partial charge in [-0.25, -0.2) is 19.6 Å². The fourth-order valence-electron chi connectivity index (χ4n) is 2.38. The molecule has 8 nitrogen and oxygen atoms in total. The van der Waals surface area contributed by atoms with Crippen molar-refractivity contribution >= 4 is 22.8 Å². The Hall–Kier alpha value is -3.55. The highest BCUT2D eigenvalue weighted by atomic mass is 16.2. The van der Waals surface area contributed by atoms with Crippen LogP contribution in [0.5, 0.6) is 0 Å². The molecule has 0 saturated heterocycles. The van der Waals surface area contributed by atoms with Crippen molar-refractivity contribution in [3.8, 4) is 5.69 Å². The van der Waals surface area contributed by atoms with Gasteiger partial charge in [0.1, 0.15) is 23.6 Å². The number of fused-ring (bicyclic) bond motifs is 1. The van der Waals surface area contributed by atoms with Gasteiger partial charge in [0.25, 0.3) is 5.91 Å². The summed E-state index contributed by atoms with van der Waals surface area (Å²) < 4.78 is 1.55. The second-order valence-electron chi connectivity index (χ2n) is 5.16. The van der Waals surface area contributed by atoms with Crippen molar-refractivity contribution in [1.82, 2.24) is 29.7 Å². The first kappa shape index (κ1) is 14.1. The number of carbonyl (C=O) groups is 1. The van der Waals surface area contributed by atoms with E-state index in [-0.39, 0.29) is 5.82 Å². The smallest absolute Gasteiger partial charge is 0.296 e. The van der Waals surface area contributed by atoms with Crippen molar-refractivity contribution in [2.75, 3.05) is 5.32 Å². The van der Waals surface area contributed by atoms with Crippen LogP contribution in [-0.2, 0) is 0 Å². The predicted octanol–water partition coefficient (Wildman–Crippen LogP) is 2.10. The lowest BCUT2D eigenvalue weighted by molar-refractivity contribution is 0.101. The summed E-state index contributed by atoms with van der Waals surface area (Å²) in [5, 5.41) is 7.69. The number of nitrogens with one attached hydrogen (secondary N) is 2. The van der Waals surface area contributed by atoms with Crippen LogP contribution in [0.25, 0.3) is 16.7 Å². The molecule has 1 amide bonds. The Bertz CT molecular complexity index is 1020. The number of anilines is 1. The molecule has 1 aromatic carbocycles. The van der Waals surface area contributed by atoms with E-state index in [0.717, 1.165) is 11.1 Å². The summed E-state index contributed by atoms with van der Waals surface area (Å²) in [5.41, 5.74) is 1.50. The molecule has 24 heavy (non-hydrogen) atoms. The van der Waals surface area contributed by atoms with Gasteiger partial charge in [0.15, 0.2) is 0 Å². The minimum Gasteiger partial charge on any atom is -0.346 e. The fourth-order valence-corrected chi connectivity index (χ4v) is 2.38. The number of hydrogen-bond donors (Lipinski definition) is 2. The molecule has 0 atom stereocenters. The molecule has 0 spiro atoms. The minimum absolute atomic E-state index is 0.0683. The van der Waals surface area contributed by atoms with Crippen LogP contribution in [0.1, 0.15) is 16.4 Å². The minimum atomic E-state index is -0.426. The molecule has 0 unspecified atom stereocenters. The molecule has 0 bridgehead atoms. The SMILES string of the molecule is Cc1nc(NC(=O)c2ncn(-c3ccccc3)n2)c2cc[nH]c2n1. The van der Waals surface area contributed by atoms with E-state index in [9.17, 15) is 4.79 Å². The van der Waals surface area contributed by atoms with Gasteiger partial charge < -0.3 is 10.3 Å². The summed E-state index contributed by atoms with van der Waals surface area (Å²) in [6, 6.07) is 11.3. The Morgan fingerprint density at radius 2 is 2.00 bits per heavy atom. The Labute approximate surface area is 136 Å². The number of aryl methyl sites for hydroxylation is 1. The van der Waals surface area contributed by atoms with E-state index in [1.165, 1.54) is 6.33 Å². The fraction of sp³-hybridized carbons (Fsp3) is 0.0625. The summed E-state index contributed by atoms with van der Waals surface area (Å²) in [6.07, 6.45) is 3.25. The molecule has 3 heterocycles. The maximum atomic E-state index is 12.4. The van der Waals surface area contributed by atoms with Crippen molar-refractivity contribution in [1.29, 1.82) is 0 Å². The number of hydrogen-bond acceptors (Lipinski definition) is 5. The first-order valence-corrected chi connectivity index (χ1v) is 7.31. The van der Waals surface area contributed by atoms with E-state index in [1.54, 1.807) is 23.9 Å². The monoisotopic (exact) mass is 319 g/mol. The molecule has 4 aromatic rings. The van der Waals surface area contributed by atoms with Crippen LogP contribution in [0.15, 0.2) is 48.9 Å². The van der Waals surface area contributed by atoms with Crippen molar-refractivity contribution in [2.45, 2.75) is 6.92 Å². The molecule has 0 fully saturated rings. The Kier molecular flexibility index (Phi) is 3.27. The van der Waals surface area contributed by atoms with Crippen LogP contribution in [-0.4, -0.2) is 35.6 Å². The summed E-state index contributed by atoms with van der Waals surface area (Å²) in [6.45, 7) is 1.76. The van der Waals surface area contributed by atoms with E-state index in [1.807, 2.05) is 30.3 Å². The van der Waals surface area contributed by atoms with Crippen LogP contribution in [0.2, 0.25) is 0 Å². The van der Waals surface area contributed by atoms with Gasteiger partial charge >= 0.3 is 0 Å². The number of nitrogens with zero attached hydrogens (tertiary/aromatic N) is 5. The third-order valence-electron chi connectivity index (χ3n) is 3.48. The van der Waals surface area contributed by atoms with Gasteiger partial charge in [-0.05, 0) is 25.1 Å². The van der Waals surface area contributed by atoms with Crippen LogP contribution in [0.3, 0.4) is 0 Å².